The first-order chi connectivity index (χ1) is 10.2. The molecule has 1 aliphatic heterocycles. The van der Waals surface area contributed by atoms with Crippen LogP contribution < -0.4 is 0 Å². The average Bonchev–Trinajstić information content (AvgIpc) is 2.95. The molecule has 2 fully saturated rings. The summed E-state index contributed by atoms with van der Waals surface area (Å²) in [5, 5.41) is 0. The molecule has 5 aliphatic rings. The monoisotopic (exact) mass is 332 g/mol. The number of rotatable bonds is 0. The van der Waals surface area contributed by atoms with Gasteiger partial charge in [-0.1, -0.05) is 63.1 Å². The van der Waals surface area contributed by atoms with E-state index >= 15 is 0 Å². The quantitative estimate of drug-likeness (QED) is 0.447. The van der Waals surface area contributed by atoms with E-state index in [0.717, 1.165) is 11.8 Å². The van der Waals surface area contributed by atoms with Crippen molar-refractivity contribution in [3.05, 3.63) is 21.0 Å². The van der Waals surface area contributed by atoms with Crippen LogP contribution in [0.25, 0.3) is 0 Å². The normalized spacial score (nSPS) is 49.9. The van der Waals surface area contributed by atoms with Gasteiger partial charge in [-0.15, -0.1) is 0 Å². The number of hydrogen-bond donors (Lipinski definition) is 0. The second kappa shape index (κ2) is 3.72. The molecule has 0 amide bonds. The second-order valence-corrected chi connectivity index (χ2v) is 12.1. The van der Waals surface area contributed by atoms with Crippen molar-refractivity contribution in [2.45, 2.75) is 67.2 Å². The molecule has 0 aromatic heterocycles. The highest BCUT2D eigenvalue weighted by atomic mass is 33.1. The minimum Gasteiger partial charge on any atom is -0.0585 e. The van der Waals surface area contributed by atoms with E-state index in [2.05, 4.69) is 63.1 Å². The van der Waals surface area contributed by atoms with Gasteiger partial charge in [0.05, 0.1) is 0 Å². The van der Waals surface area contributed by atoms with Crippen LogP contribution in [-0.4, -0.2) is 0 Å². The first kappa shape index (κ1) is 14.5. The lowest BCUT2D eigenvalue weighted by Crippen LogP contribution is -2.30. The van der Waals surface area contributed by atoms with E-state index in [-0.39, 0.29) is 0 Å². The minimum atomic E-state index is 0.441. The second-order valence-electron chi connectivity index (χ2n) is 9.94. The van der Waals surface area contributed by atoms with E-state index in [1.807, 2.05) is 11.1 Å². The van der Waals surface area contributed by atoms with Gasteiger partial charge in [0.25, 0.3) is 0 Å². The Kier molecular flexibility index (Phi) is 2.45. The number of allylic oxidation sites excluding steroid dienone is 4. The Bertz CT molecular complexity index is 607. The van der Waals surface area contributed by atoms with E-state index < -0.39 is 0 Å². The van der Waals surface area contributed by atoms with Crippen molar-refractivity contribution < 1.29 is 0 Å². The maximum absolute atomic E-state index is 2.56. The first-order valence-corrected chi connectivity index (χ1v) is 11.2. The SMILES string of the molecule is CC1(C)[C@H]2CC[C@]1(C)C1=C2C2=C(SS1)[C@@]1(C)CC[C@@H]2C1(C)C. The summed E-state index contributed by atoms with van der Waals surface area (Å²) in [7, 11) is 4.30. The Hall–Kier alpha value is 0.180. The summed E-state index contributed by atoms with van der Waals surface area (Å²) >= 11 is 0. The van der Waals surface area contributed by atoms with Crippen molar-refractivity contribution in [2.75, 3.05) is 0 Å². The molecule has 2 saturated carbocycles. The molecule has 4 aliphatic carbocycles. The fourth-order valence-electron chi connectivity index (χ4n) is 6.71. The molecular formula is C20H28S2. The largest absolute Gasteiger partial charge is 0.0585 e. The summed E-state index contributed by atoms with van der Waals surface area (Å²) in [4.78, 5) is 3.56. The predicted octanol–water partition coefficient (Wildman–Crippen LogP) is 6.80. The highest BCUT2D eigenvalue weighted by molar-refractivity contribution is 8.79. The van der Waals surface area contributed by atoms with Gasteiger partial charge in [-0.3, -0.25) is 0 Å². The molecule has 0 radical (unpaired) electrons. The van der Waals surface area contributed by atoms with Gasteiger partial charge >= 0.3 is 0 Å². The van der Waals surface area contributed by atoms with Gasteiger partial charge in [0.2, 0.25) is 0 Å². The average molecular weight is 333 g/mol. The van der Waals surface area contributed by atoms with Crippen LogP contribution in [0.15, 0.2) is 21.0 Å². The van der Waals surface area contributed by atoms with Gasteiger partial charge in [-0.05, 0) is 59.5 Å². The zero-order chi connectivity index (χ0) is 15.7. The summed E-state index contributed by atoms with van der Waals surface area (Å²) in [5.41, 5.74) is 5.49. The van der Waals surface area contributed by atoms with Crippen molar-refractivity contribution in [3.8, 4) is 0 Å². The number of fused-ring (bicyclic) bond motifs is 9. The lowest BCUT2D eigenvalue weighted by molar-refractivity contribution is 0.172. The lowest BCUT2D eigenvalue weighted by atomic mass is 9.69. The van der Waals surface area contributed by atoms with Gasteiger partial charge in [0.15, 0.2) is 0 Å². The molecule has 0 nitrogen and oxygen atoms in total. The first-order valence-electron chi connectivity index (χ1n) is 9.00. The third kappa shape index (κ3) is 1.18. The fraction of sp³-hybridized carbons (Fsp3) is 0.800. The third-order valence-electron chi connectivity index (χ3n) is 9.14. The molecule has 0 N–H and O–H groups in total. The Morgan fingerprint density at radius 1 is 0.682 bits per heavy atom. The van der Waals surface area contributed by atoms with Crippen LogP contribution in [0.4, 0.5) is 0 Å². The minimum absolute atomic E-state index is 0.441. The van der Waals surface area contributed by atoms with Gasteiger partial charge in [0.1, 0.15) is 0 Å². The Morgan fingerprint density at radius 3 is 1.41 bits per heavy atom. The molecule has 4 bridgehead atoms. The van der Waals surface area contributed by atoms with Gasteiger partial charge in [-0.25, -0.2) is 0 Å². The molecule has 0 unspecified atom stereocenters. The van der Waals surface area contributed by atoms with Crippen molar-refractivity contribution >= 4 is 21.6 Å². The highest BCUT2D eigenvalue weighted by Crippen LogP contribution is 2.81. The summed E-state index contributed by atoms with van der Waals surface area (Å²) < 4.78 is 0. The van der Waals surface area contributed by atoms with Crippen LogP contribution in [0.1, 0.15) is 67.2 Å². The third-order valence-corrected chi connectivity index (χ3v) is 12.1. The molecule has 0 saturated heterocycles. The molecule has 5 rings (SSSR count). The van der Waals surface area contributed by atoms with Crippen LogP contribution >= 0.6 is 21.6 Å². The lowest BCUT2D eigenvalue weighted by Gasteiger charge is -2.39. The fourth-order valence-corrected chi connectivity index (χ4v) is 10.8. The van der Waals surface area contributed by atoms with Crippen LogP contribution in [0.2, 0.25) is 0 Å². The highest BCUT2D eigenvalue weighted by Gasteiger charge is 2.68. The van der Waals surface area contributed by atoms with Crippen molar-refractivity contribution in [1.82, 2.24) is 0 Å². The summed E-state index contributed by atoms with van der Waals surface area (Å²) in [5.74, 6) is 1.65. The maximum atomic E-state index is 2.56. The molecule has 0 aromatic carbocycles. The molecule has 1 heterocycles. The maximum Gasteiger partial charge on any atom is 0.00643 e. The Labute approximate surface area is 143 Å². The smallest absolute Gasteiger partial charge is 0.00643 e. The summed E-state index contributed by atoms with van der Waals surface area (Å²) in [6.07, 6.45) is 5.67. The van der Waals surface area contributed by atoms with E-state index in [9.17, 15) is 0 Å². The van der Waals surface area contributed by atoms with Crippen LogP contribution in [-0.2, 0) is 0 Å². The molecule has 0 spiro atoms. The van der Waals surface area contributed by atoms with Crippen LogP contribution in [0.3, 0.4) is 0 Å². The topological polar surface area (TPSA) is 0 Å². The standard InChI is InChI=1S/C20H28S2/c1-17(2)11-7-9-19(17,5)15-13(11)14-12-8-10-20(6,18(12,3)4)16(14)22-21-15/h11-12H,7-10H2,1-6H3/t11-,12-,19+,20+/m0/s1. The van der Waals surface area contributed by atoms with Gasteiger partial charge in [0, 0.05) is 20.6 Å². The predicted molar refractivity (Wildman–Crippen MR) is 98.5 cm³/mol. The van der Waals surface area contributed by atoms with Gasteiger partial charge in [-0.2, -0.15) is 0 Å². The number of hydrogen-bond acceptors (Lipinski definition) is 2. The Balaban J connectivity index is 1.75. The van der Waals surface area contributed by atoms with Crippen LogP contribution in [0.5, 0.6) is 0 Å². The molecule has 4 atom stereocenters. The Morgan fingerprint density at radius 2 is 1.05 bits per heavy atom. The molecule has 2 heteroatoms. The van der Waals surface area contributed by atoms with E-state index in [4.69, 9.17) is 0 Å². The zero-order valence-corrected chi connectivity index (χ0v) is 16.4. The van der Waals surface area contributed by atoms with Crippen LogP contribution in [0, 0.1) is 33.5 Å². The molecule has 22 heavy (non-hydrogen) atoms. The van der Waals surface area contributed by atoms with E-state index in [1.54, 1.807) is 9.81 Å². The molecule has 120 valence electrons. The molecular weight excluding hydrogens is 304 g/mol. The summed E-state index contributed by atoms with van der Waals surface area (Å²) in [6, 6.07) is 0. The van der Waals surface area contributed by atoms with Crippen molar-refractivity contribution in [3.63, 3.8) is 0 Å². The van der Waals surface area contributed by atoms with E-state index in [1.165, 1.54) is 25.7 Å². The van der Waals surface area contributed by atoms with Crippen molar-refractivity contribution in [1.29, 1.82) is 0 Å². The zero-order valence-electron chi connectivity index (χ0n) is 14.8. The van der Waals surface area contributed by atoms with E-state index in [0.29, 0.717) is 21.7 Å². The molecule has 0 aromatic rings. The van der Waals surface area contributed by atoms with Gasteiger partial charge < -0.3 is 0 Å². The summed E-state index contributed by atoms with van der Waals surface area (Å²) in [6.45, 7) is 15.3. The van der Waals surface area contributed by atoms with Crippen molar-refractivity contribution in [2.24, 2.45) is 33.5 Å².